The number of aromatic nitrogens is 8. The largest absolute Gasteiger partial charge is 0.479 e. The summed E-state index contributed by atoms with van der Waals surface area (Å²) in [6, 6.07) is 2.61. The van der Waals surface area contributed by atoms with E-state index in [0.717, 1.165) is 17.8 Å². The Kier molecular flexibility index (Phi) is 5.72. The van der Waals surface area contributed by atoms with Crippen LogP contribution < -0.4 is 10.1 Å². The standard InChI is InChI=1S/C19H16F3N9O2/c1-11(19(20,21)22)30-10-25-28-16(30)13-4-3-5-14(26-13)27-17(32)12-9-31(29-18(12)33-2)15-8-23-6-7-24-15/h3-11H,1-2H3,(H,26,27,32). The lowest BCUT2D eigenvalue weighted by molar-refractivity contribution is -0.162. The Bertz CT molecular complexity index is 1270. The molecule has 0 aliphatic rings. The monoisotopic (exact) mass is 459 g/mol. The fourth-order valence-electron chi connectivity index (χ4n) is 2.87. The number of rotatable bonds is 6. The van der Waals surface area contributed by atoms with Gasteiger partial charge >= 0.3 is 6.18 Å². The highest BCUT2D eigenvalue weighted by Crippen LogP contribution is 2.32. The van der Waals surface area contributed by atoms with Crippen molar-refractivity contribution in [1.29, 1.82) is 0 Å². The maximum Gasteiger partial charge on any atom is 0.408 e. The molecular formula is C19H16F3N9O2. The molecule has 0 aliphatic carbocycles. The minimum absolute atomic E-state index is 0.0352. The first kappa shape index (κ1) is 21.9. The van der Waals surface area contributed by atoms with E-state index in [1.54, 1.807) is 0 Å². The summed E-state index contributed by atoms with van der Waals surface area (Å²) in [5.74, 6) is -0.206. The third-order valence-electron chi connectivity index (χ3n) is 4.59. The minimum Gasteiger partial charge on any atom is -0.479 e. The molecule has 1 N–H and O–H groups in total. The van der Waals surface area contributed by atoms with Gasteiger partial charge in [0.15, 0.2) is 11.6 Å². The summed E-state index contributed by atoms with van der Waals surface area (Å²) in [6.45, 7) is 0.986. The fraction of sp³-hybridized carbons (Fsp3) is 0.211. The molecule has 0 saturated carbocycles. The van der Waals surface area contributed by atoms with Gasteiger partial charge in [-0.3, -0.25) is 9.78 Å². The van der Waals surface area contributed by atoms with Crippen molar-refractivity contribution in [3.05, 3.63) is 54.9 Å². The van der Waals surface area contributed by atoms with E-state index in [-0.39, 0.29) is 28.8 Å². The normalized spacial score (nSPS) is 12.4. The number of amides is 1. The molecule has 0 radical (unpaired) electrons. The number of methoxy groups -OCH3 is 1. The summed E-state index contributed by atoms with van der Waals surface area (Å²) >= 11 is 0. The lowest BCUT2D eigenvalue weighted by Crippen LogP contribution is -2.24. The Balaban J connectivity index is 1.60. The molecule has 33 heavy (non-hydrogen) atoms. The zero-order chi connectivity index (χ0) is 23.6. The lowest BCUT2D eigenvalue weighted by atomic mass is 10.2. The second kappa shape index (κ2) is 8.64. The maximum atomic E-state index is 13.2. The lowest BCUT2D eigenvalue weighted by Gasteiger charge is -2.18. The third-order valence-corrected chi connectivity index (χ3v) is 4.59. The molecule has 0 bridgehead atoms. The van der Waals surface area contributed by atoms with Crippen molar-refractivity contribution >= 4 is 11.7 Å². The van der Waals surface area contributed by atoms with E-state index in [2.05, 4.69) is 35.6 Å². The molecule has 170 valence electrons. The summed E-state index contributed by atoms with van der Waals surface area (Å²) in [4.78, 5) is 25.1. The molecule has 0 aromatic carbocycles. The van der Waals surface area contributed by atoms with E-state index in [0.29, 0.717) is 5.82 Å². The van der Waals surface area contributed by atoms with Crippen LogP contribution in [0.15, 0.2) is 49.3 Å². The molecule has 0 aliphatic heterocycles. The molecule has 4 aromatic rings. The number of hydrogen-bond donors (Lipinski definition) is 1. The van der Waals surface area contributed by atoms with Gasteiger partial charge in [-0.2, -0.15) is 13.2 Å². The van der Waals surface area contributed by atoms with Gasteiger partial charge in [-0.25, -0.2) is 14.6 Å². The molecule has 0 spiro atoms. The predicted octanol–water partition coefficient (Wildman–Crippen LogP) is 2.70. The van der Waals surface area contributed by atoms with Crippen LogP contribution in [0.4, 0.5) is 19.0 Å². The number of halogens is 3. The van der Waals surface area contributed by atoms with Crippen LogP contribution in [0.2, 0.25) is 0 Å². The summed E-state index contributed by atoms with van der Waals surface area (Å²) in [7, 11) is 1.35. The quantitative estimate of drug-likeness (QED) is 0.467. The second-order valence-electron chi connectivity index (χ2n) is 6.70. The van der Waals surface area contributed by atoms with Crippen LogP contribution in [0, 0.1) is 0 Å². The van der Waals surface area contributed by atoms with Crippen molar-refractivity contribution in [2.75, 3.05) is 12.4 Å². The number of alkyl halides is 3. The number of carbonyl (C=O) groups excluding carboxylic acids is 1. The molecule has 0 saturated heterocycles. The van der Waals surface area contributed by atoms with Crippen molar-refractivity contribution in [2.45, 2.75) is 19.1 Å². The van der Waals surface area contributed by atoms with Gasteiger partial charge in [-0.1, -0.05) is 6.07 Å². The third kappa shape index (κ3) is 4.49. The summed E-state index contributed by atoms with van der Waals surface area (Å²) in [6.07, 6.45) is 2.31. The molecular weight excluding hydrogens is 443 g/mol. The summed E-state index contributed by atoms with van der Waals surface area (Å²) < 4.78 is 46.8. The Morgan fingerprint density at radius 2 is 2.06 bits per heavy atom. The first-order chi connectivity index (χ1) is 15.8. The molecule has 1 amide bonds. The van der Waals surface area contributed by atoms with Gasteiger partial charge in [0.25, 0.3) is 5.91 Å². The van der Waals surface area contributed by atoms with Crippen molar-refractivity contribution < 1.29 is 22.7 Å². The molecule has 4 aromatic heterocycles. The topological polar surface area (TPSA) is 126 Å². The molecule has 1 atom stereocenters. The molecule has 1 unspecified atom stereocenters. The number of carbonyl (C=O) groups is 1. The molecule has 14 heteroatoms. The molecule has 4 rings (SSSR count). The Hall–Kier alpha value is -4.36. The zero-order valence-corrected chi connectivity index (χ0v) is 17.2. The average molecular weight is 459 g/mol. The van der Waals surface area contributed by atoms with Crippen LogP contribution in [0.3, 0.4) is 0 Å². The summed E-state index contributed by atoms with van der Waals surface area (Å²) in [5, 5.41) is 14.1. The highest BCUT2D eigenvalue weighted by Gasteiger charge is 2.38. The second-order valence-corrected chi connectivity index (χ2v) is 6.70. The smallest absolute Gasteiger partial charge is 0.408 e. The van der Waals surface area contributed by atoms with Crippen LogP contribution >= 0.6 is 0 Å². The van der Waals surface area contributed by atoms with Crippen LogP contribution in [0.1, 0.15) is 23.3 Å². The highest BCUT2D eigenvalue weighted by atomic mass is 19.4. The molecule has 4 heterocycles. The van der Waals surface area contributed by atoms with Crippen molar-refractivity contribution in [2.24, 2.45) is 0 Å². The van der Waals surface area contributed by atoms with Gasteiger partial charge in [0.05, 0.1) is 13.3 Å². The molecule has 0 fully saturated rings. The van der Waals surface area contributed by atoms with Gasteiger partial charge in [0.1, 0.15) is 29.4 Å². The van der Waals surface area contributed by atoms with Crippen LogP contribution in [-0.2, 0) is 0 Å². The van der Waals surface area contributed by atoms with E-state index in [1.807, 2.05) is 0 Å². The average Bonchev–Trinajstić information content (AvgIpc) is 3.46. The maximum absolute atomic E-state index is 13.2. The van der Waals surface area contributed by atoms with Gasteiger partial charge in [-0.05, 0) is 19.1 Å². The number of ether oxygens (including phenoxy) is 1. The first-order valence-corrected chi connectivity index (χ1v) is 9.43. The van der Waals surface area contributed by atoms with E-state index in [1.165, 1.54) is 54.8 Å². The highest BCUT2D eigenvalue weighted by molar-refractivity contribution is 6.05. The van der Waals surface area contributed by atoms with Gasteiger partial charge < -0.3 is 14.6 Å². The van der Waals surface area contributed by atoms with Crippen molar-refractivity contribution in [3.8, 4) is 23.2 Å². The summed E-state index contributed by atoms with van der Waals surface area (Å²) in [5.41, 5.74) is 0.188. The Labute approximate surface area is 184 Å². The van der Waals surface area contributed by atoms with Crippen molar-refractivity contribution in [1.82, 2.24) is 39.5 Å². The fourth-order valence-corrected chi connectivity index (χ4v) is 2.87. The van der Waals surface area contributed by atoms with E-state index >= 15 is 0 Å². The van der Waals surface area contributed by atoms with E-state index < -0.39 is 18.1 Å². The number of nitrogens with zero attached hydrogens (tertiary/aromatic N) is 8. The Morgan fingerprint density at radius 1 is 1.24 bits per heavy atom. The van der Waals surface area contributed by atoms with Gasteiger partial charge in [0, 0.05) is 18.6 Å². The Morgan fingerprint density at radius 3 is 2.76 bits per heavy atom. The SMILES string of the molecule is COc1nn(-c2cnccn2)cc1C(=O)Nc1cccc(-c2nncn2C(C)C(F)(F)F)n1. The van der Waals surface area contributed by atoms with Gasteiger partial charge in [-0.15, -0.1) is 15.3 Å². The number of hydrogen-bond acceptors (Lipinski definition) is 8. The van der Waals surface area contributed by atoms with Crippen LogP contribution in [0.25, 0.3) is 17.3 Å². The number of pyridine rings is 1. The predicted molar refractivity (Wildman–Crippen MR) is 108 cm³/mol. The van der Waals surface area contributed by atoms with Crippen molar-refractivity contribution in [3.63, 3.8) is 0 Å². The van der Waals surface area contributed by atoms with Crippen LogP contribution in [-0.4, -0.2) is 58.7 Å². The first-order valence-electron chi connectivity index (χ1n) is 9.43. The minimum atomic E-state index is -4.50. The van der Waals surface area contributed by atoms with E-state index in [9.17, 15) is 18.0 Å². The number of nitrogens with one attached hydrogen (secondary N) is 1. The van der Waals surface area contributed by atoms with Crippen LogP contribution in [0.5, 0.6) is 5.88 Å². The molecule has 11 nitrogen and oxygen atoms in total. The zero-order valence-electron chi connectivity index (χ0n) is 17.2. The number of anilines is 1. The van der Waals surface area contributed by atoms with E-state index in [4.69, 9.17) is 4.74 Å². The van der Waals surface area contributed by atoms with Gasteiger partial charge in [0.2, 0.25) is 5.88 Å².